The smallest absolute Gasteiger partial charge is 0.410 e. The van der Waals surface area contributed by atoms with E-state index in [1.807, 2.05) is 30.5 Å². The quantitative estimate of drug-likeness (QED) is 0.766. The third-order valence-electron chi connectivity index (χ3n) is 6.27. The highest BCUT2D eigenvalue weighted by Crippen LogP contribution is 2.41. The minimum Gasteiger partial charge on any atom is -0.410 e. The Balaban J connectivity index is 1.40. The molecular formula is C24H31N3O3. The van der Waals surface area contributed by atoms with Crippen molar-refractivity contribution in [1.82, 2.24) is 9.88 Å². The Bertz CT molecular complexity index is 867. The maximum atomic E-state index is 12.6. The molecule has 1 aromatic heterocycles. The van der Waals surface area contributed by atoms with Crippen molar-refractivity contribution in [3.8, 4) is 5.75 Å². The molecule has 0 saturated carbocycles. The van der Waals surface area contributed by atoms with E-state index in [0.29, 0.717) is 12.3 Å². The maximum absolute atomic E-state index is 12.6. The van der Waals surface area contributed by atoms with E-state index in [2.05, 4.69) is 23.3 Å². The lowest BCUT2D eigenvalue weighted by Crippen LogP contribution is -2.38. The zero-order valence-corrected chi connectivity index (χ0v) is 17.9. The van der Waals surface area contributed by atoms with Gasteiger partial charge in [0.1, 0.15) is 5.75 Å². The van der Waals surface area contributed by atoms with Gasteiger partial charge in [0.2, 0.25) is 0 Å². The minimum absolute atomic E-state index is 0.0184. The summed E-state index contributed by atoms with van der Waals surface area (Å²) in [5, 5.41) is 3.50. The summed E-state index contributed by atoms with van der Waals surface area (Å²) in [5.41, 5.74) is 3.54. The van der Waals surface area contributed by atoms with Gasteiger partial charge in [-0.05, 0) is 67.5 Å². The van der Waals surface area contributed by atoms with Crippen LogP contribution in [0.15, 0.2) is 42.7 Å². The minimum atomic E-state index is -0.341. The van der Waals surface area contributed by atoms with Crippen LogP contribution < -0.4 is 10.1 Å². The van der Waals surface area contributed by atoms with E-state index in [-0.39, 0.29) is 17.6 Å². The summed E-state index contributed by atoms with van der Waals surface area (Å²) < 4.78 is 11.4. The number of rotatable bonds is 6. The Labute approximate surface area is 178 Å². The van der Waals surface area contributed by atoms with Crippen LogP contribution in [-0.2, 0) is 16.6 Å². The Morgan fingerprint density at radius 1 is 1.37 bits per heavy atom. The van der Waals surface area contributed by atoms with Crippen LogP contribution in [0, 0.1) is 0 Å². The first-order valence-electron chi connectivity index (χ1n) is 10.9. The highest BCUT2D eigenvalue weighted by atomic mass is 16.6. The lowest BCUT2D eigenvalue weighted by Gasteiger charge is -2.27. The fourth-order valence-electron chi connectivity index (χ4n) is 4.33. The van der Waals surface area contributed by atoms with E-state index in [9.17, 15) is 4.79 Å². The monoisotopic (exact) mass is 409 g/mol. The molecule has 0 aliphatic carbocycles. The number of amides is 1. The number of nitrogens with one attached hydrogen (secondary N) is 1. The molecule has 2 aliphatic rings. The summed E-state index contributed by atoms with van der Waals surface area (Å²) in [6.45, 7) is 4.48. The molecule has 2 aromatic rings. The van der Waals surface area contributed by atoms with Gasteiger partial charge in [0.05, 0.1) is 6.10 Å². The van der Waals surface area contributed by atoms with Crippen molar-refractivity contribution in [3.05, 3.63) is 53.9 Å². The zero-order chi connectivity index (χ0) is 21.0. The van der Waals surface area contributed by atoms with E-state index in [0.717, 1.165) is 50.9 Å². The normalized spacial score (nSPS) is 22.8. The average molecular weight is 410 g/mol. The summed E-state index contributed by atoms with van der Waals surface area (Å²) in [6, 6.07) is 9.98. The first-order valence-corrected chi connectivity index (χ1v) is 10.9. The summed E-state index contributed by atoms with van der Waals surface area (Å²) in [7, 11) is 1.77. The first-order chi connectivity index (χ1) is 14.5. The molecule has 3 heterocycles. The SMILES string of the molecule is CN(CC1CCCCO1)C(=O)Oc1ccc2c(c1)C(C)(CCc1cccnc1)CN2. The fourth-order valence-corrected chi connectivity index (χ4v) is 4.33. The molecule has 160 valence electrons. The molecule has 2 unspecified atom stereocenters. The van der Waals surface area contributed by atoms with Crippen molar-refractivity contribution in [3.63, 3.8) is 0 Å². The van der Waals surface area contributed by atoms with Gasteiger partial charge in [-0.2, -0.15) is 0 Å². The molecule has 6 heteroatoms. The van der Waals surface area contributed by atoms with Crippen molar-refractivity contribution < 1.29 is 14.3 Å². The van der Waals surface area contributed by atoms with Gasteiger partial charge in [-0.1, -0.05) is 13.0 Å². The number of hydrogen-bond acceptors (Lipinski definition) is 5. The molecule has 1 aromatic carbocycles. The Kier molecular flexibility index (Phi) is 6.23. The summed E-state index contributed by atoms with van der Waals surface area (Å²) >= 11 is 0. The Hall–Kier alpha value is -2.60. The van der Waals surface area contributed by atoms with Crippen LogP contribution in [0.4, 0.5) is 10.5 Å². The number of pyridine rings is 1. The molecule has 1 amide bonds. The van der Waals surface area contributed by atoms with Crippen molar-refractivity contribution in [2.24, 2.45) is 0 Å². The van der Waals surface area contributed by atoms with Crippen LogP contribution in [0.2, 0.25) is 0 Å². The third kappa shape index (κ3) is 4.75. The van der Waals surface area contributed by atoms with Crippen LogP contribution in [0.1, 0.15) is 43.7 Å². The number of carbonyl (C=O) groups is 1. The van der Waals surface area contributed by atoms with Gasteiger partial charge in [0, 0.05) is 50.2 Å². The molecule has 1 saturated heterocycles. The second-order valence-electron chi connectivity index (χ2n) is 8.72. The predicted molar refractivity (Wildman–Crippen MR) is 117 cm³/mol. The van der Waals surface area contributed by atoms with Gasteiger partial charge in [-0.25, -0.2) is 4.79 Å². The largest absolute Gasteiger partial charge is 0.415 e. The van der Waals surface area contributed by atoms with Gasteiger partial charge in [-0.15, -0.1) is 0 Å². The van der Waals surface area contributed by atoms with E-state index in [1.54, 1.807) is 18.1 Å². The van der Waals surface area contributed by atoms with Crippen molar-refractivity contribution in [1.29, 1.82) is 0 Å². The average Bonchev–Trinajstić information content (AvgIpc) is 3.10. The summed E-state index contributed by atoms with van der Waals surface area (Å²) in [6.07, 6.45) is 8.71. The van der Waals surface area contributed by atoms with Crippen LogP contribution >= 0.6 is 0 Å². The first kappa shape index (κ1) is 20.7. The molecule has 0 bridgehead atoms. The van der Waals surface area contributed by atoms with Crippen LogP contribution in [-0.4, -0.2) is 48.8 Å². The second-order valence-corrected chi connectivity index (χ2v) is 8.72. The van der Waals surface area contributed by atoms with Crippen LogP contribution in [0.3, 0.4) is 0 Å². The highest BCUT2D eigenvalue weighted by Gasteiger charge is 2.34. The molecule has 30 heavy (non-hydrogen) atoms. The molecule has 1 fully saturated rings. The highest BCUT2D eigenvalue weighted by molar-refractivity contribution is 5.71. The van der Waals surface area contributed by atoms with E-state index >= 15 is 0 Å². The standard InChI is InChI=1S/C24H31N3O3/c1-24(11-10-18-6-5-12-25-15-18)17-26-22-9-8-19(14-21(22)24)30-23(28)27(2)16-20-7-3-4-13-29-20/h5-6,8-9,12,14-15,20,26H,3-4,7,10-11,13,16-17H2,1-2H3. The molecular weight excluding hydrogens is 378 g/mol. The number of aromatic nitrogens is 1. The number of carbonyl (C=O) groups excluding carboxylic acids is 1. The number of fused-ring (bicyclic) bond motifs is 1. The van der Waals surface area contributed by atoms with Gasteiger partial charge in [0.15, 0.2) is 0 Å². The van der Waals surface area contributed by atoms with Crippen molar-refractivity contribution >= 4 is 11.8 Å². The predicted octanol–water partition coefficient (Wildman–Crippen LogP) is 4.40. The van der Waals surface area contributed by atoms with E-state index in [1.165, 1.54) is 11.1 Å². The van der Waals surface area contributed by atoms with Crippen LogP contribution in [0.25, 0.3) is 0 Å². The number of ether oxygens (including phenoxy) is 2. The topological polar surface area (TPSA) is 63.7 Å². The Morgan fingerprint density at radius 2 is 2.27 bits per heavy atom. The molecule has 1 N–H and O–H groups in total. The van der Waals surface area contributed by atoms with E-state index < -0.39 is 0 Å². The summed E-state index contributed by atoms with van der Waals surface area (Å²) in [4.78, 5) is 18.4. The fraction of sp³-hybridized carbons (Fsp3) is 0.500. The lowest BCUT2D eigenvalue weighted by atomic mass is 9.79. The number of nitrogens with zero attached hydrogens (tertiary/aromatic N) is 2. The molecule has 6 nitrogen and oxygen atoms in total. The zero-order valence-electron chi connectivity index (χ0n) is 17.9. The Morgan fingerprint density at radius 3 is 3.03 bits per heavy atom. The van der Waals surface area contributed by atoms with Gasteiger partial charge >= 0.3 is 6.09 Å². The van der Waals surface area contributed by atoms with Crippen LogP contribution in [0.5, 0.6) is 5.75 Å². The number of aryl methyl sites for hydroxylation is 1. The van der Waals surface area contributed by atoms with Crippen molar-refractivity contribution in [2.45, 2.75) is 50.5 Å². The summed E-state index contributed by atoms with van der Waals surface area (Å²) in [5.74, 6) is 0.589. The number of hydrogen-bond donors (Lipinski definition) is 1. The molecule has 2 aliphatic heterocycles. The lowest BCUT2D eigenvalue weighted by molar-refractivity contribution is 0.00110. The molecule has 0 spiro atoms. The van der Waals surface area contributed by atoms with Gasteiger partial charge in [-0.3, -0.25) is 4.98 Å². The third-order valence-corrected chi connectivity index (χ3v) is 6.27. The maximum Gasteiger partial charge on any atom is 0.415 e. The van der Waals surface area contributed by atoms with Gasteiger partial charge in [0.25, 0.3) is 0 Å². The van der Waals surface area contributed by atoms with Gasteiger partial charge < -0.3 is 19.7 Å². The number of likely N-dealkylation sites (N-methyl/N-ethyl adjacent to an activating group) is 1. The molecule has 2 atom stereocenters. The van der Waals surface area contributed by atoms with E-state index in [4.69, 9.17) is 9.47 Å². The molecule has 0 radical (unpaired) electrons. The molecule has 4 rings (SSSR count). The number of benzene rings is 1. The number of anilines is 1. The van der Waals surface area contributed by atoms with Crippen molar-refractivity contribution in [2.75, 3.05) is 32.1 Å². The second kappa shape index (κ2) is 9.04.